The second-order valence-electron chi connectivity index (χ2n) is 7.85. The minimum Gasteiger partial charge on any atom is -0.497 e. The summed E-state index contributed by atoms with van der Waals surface area (Å²) in [5, 5.41) is 7.09. The molecule has 2 unspecified atom stereocenters. The van der Waals surface area contributed by atoms with Crippen LogP contribution in [-0.2, 0) is 0 Å². The Bertz CT molecular complexity index is 829. The summed E-state index contributed by atoms with van der Waals surface area (Å²) in [5.41, 5.74) is 1.10. The quantitative estimate of drug-likeness (QED) is 0.432. The Balaban J connectivity index is 1.59. The second kappa shape index (κ2) is 11.7. The van der Waals surface area contributed by atoms with Gasteiger partial charge < -0.3 is 29.4 Å². The van der Waals surface area contributed by atoms with E-state index in [-0.39, 0.29) is 6.04 Å². The summed E-state index contributed by atoms with van der Waals surface area (Å²) in [6.07, 6.45) is 2.76. The Morgan fingerprint density at radius 2 is 1.94 bits per heavy atom. The van der Waals surface area contributed by atoms with E-state index in [9.17, 15) is 0 Å². The molecule has 1 aliphatic rings. The topological polar surface area (TPSA) is 74.5 Å². The highest BCUT2D eigenvalue weighted by atomic mass is 16.5. The minimum atomic E-state index is 0.155. The summed E-state index contributed by atoms with van der Waals surface area (Å²) in [5.74, 6) is 3.38. The minimum absolute atomic E-state index is 0.155. The van der Waals surface area contributed by atoms with E-state index in [0.29, 0.717) is 6.04 Å². The van der Waals surface area contributed by atoms with Gasteiger partial charge in [-0.25, -0.2) is 0 Å². The van der Waals surface area contributed by atoms with E-state index in [0.717, 1.165) is 68.1 Å². The lowest BCUT2D eigenvalue weighted by molar-refractivity contribution is 0.193. The molecule has 1 saturated heterocycles. The Hall–Kier alpha value is -2.87. The van der Waals surface area contributed by atoms with Crippen LogP contribution >= 0.6 is 0 Å². The number of hydrogen-bond acceptors (Lipinski definition) is 6. The summed E-state index contributed by atoms with van der Waals surface area (Å²) < 4.78 is 16.6. The van der Waals surface area contributed by atoms with Crippen LogP contribution in [0.15, 0.2) is 46.0 Å². The molecule has 0 radical (unpaired) electrons. The number of likely N-dealkylation sites (N-methyl/N-ethyl adjacent to an activating group) is 1. The molecular formula is C24H37N5O3. The van der Waals surface area contributed by atoms with Gasteiger partial charge in [0.05, 0.1) is 26.5 Å². The Morgan fingerprint density at radius 1 is 1.22 bits per heavy atom. The van der Waals surface area contributed by atoms with E-state index in [2.05, 4.69) is 51.4 Å². The third kappa shape index (κ3) is 5.88. The van der Waals surface area contributed by atoms with E-state index in [4.69, 9.17) is 13.9 Å². The van der Waals surface area contributed by atoms with Crippen molar-refractivity contribution in [1.82, 2.24) is 15.5 Å². The lowest BCUT2D eigenvalue weighted by Gasteiger charge is -2.29. The van der Waals surface area contributed by atoms with Crippen molar-refractivity contribution in [2.75, 3.05) is 58.9 Å². The number of hydrogen-bond donors (Lipinski definition) is 2. The van der Waals surface area contributed by atoms with Crippen molar-refractivity contribution in [2.24, 2.45) is 4.99 Å². The van der Waals surface area contributed by atoms with Crippen molar-refractivity contribution in [3.63, 3.8) is 0 Å². The number of anilines is 1. The molecule has 0 bridgehead atoms. The normalized spacial score (nSPS) is 17.5. The summed E-state index contributed by atoms with van der Waals surface area (Å²) >= 11 is 0. The molecule has 8 heteroatoms. The van der Waals surface area contributed by atoms with E-state index < -0.39 is 0 Å². The molecule has 176 valence electrons. The van der Waals surface area contributed by atoms with Crippen LogP contribution in [0.25, 0.3) is 0 Å². The van der Waals surface area contributed by atoms with Crippen molar-refractivity contribution < 1.29 is 13.9 Å². The van der Waals surface area contributed by atoms with Crippen molar-refractivity contribution in [3.05, 3.63) is 42.4 Å². The average molecular weight is 444 g/mol. The molecule has 8 nitrogen and oxygen atoms in total. The van der Waals surface area contributed by atoms with Gasteiger partial charge in [-0.2, -0.15) is 0 Å². The van der Waals surface area contributed by atoms with Gasteiger partial charge in [-0.15, -0.1) is 0 Å². The van der Waals surface area contributed by atoms with E-state index >= 15 is 0 Å². The summed E-state index contributed by atoms with van der Waals surface area (Å²) in [6.45, 7) is 8.82. The van der Waals surface area contributed by atoms with E-state index in [1.165, 1.54) is 0 Å². The molecule has 32 heavy (non-hydrogen) atoms. The zero-order chi connectivity index (χ0) is 22.9. The highest BCUT2D eigenvalue weighted by Gasteiger charge is 2.25. The molecule has 0 aliphatic carbocycles. The number of benzene rings is 1. The highest BCUT2D eigenvalue weighted by molar-refractivity contribution is 5.80. The molecule has 2 atom stereocenters. The first-order valence-electron chi connectivity index (χ1n) is 11.3. The number of methoxy groups -OCH3 is 2. The maximum atomic E-state index is 5.71. The molecule has 0 saturated carbocycles. The van der Waals surface area contributed by atoms with Crippen LogP contribution in [-0.4, -0.2) is 70.9 Å². The maximum Gasteiger partial charge on any atom is 0.191 e. The van der Waals surface area contributed by atoms with Crippen molar-refractivity contribution in [3.8, 4) is 11.5 Å². The molecule has 2 aromatic rings. The molecule has 2 heterocycles. The van der Waals surface area contributed by atoms with Crippen LogP contribution in [0.4, 0.5) is 5.69 Å². The predicted molar refractivity (Wildman–Crippen MR) is 129 cm³/mol. The number of furan rings is 1. The molecule has 1 fully saturated rings. The summed E-state index contributed by atoms with van der Waals surface area (Å²) in [6, 6.07) is 10.4. The Kier molecular flexibility index (Phi) is 8.67. The van der Waals surface area contributed by atoms with Gasteiger partial charge in [0.1, 0.15) is 17.3 Å². The van der Waals surface area contributed by atoms with Crippen molar-refractivity contribution in [1.29, 1.82) is 0 Å². The van der Waals surface area contributed by atoms with Gasteiger partial charge in [0.25, 0.3) is 0 Å². The molecule has 1 aliphatic heterocycles. The molecule has 2 N–H and O–H groups in total. The van der Waals surface area contributed by atoms with Crippen molar-refractivity contribution in [2.45, 2.75) is 32.4 Å². The maximum absolute atomic E-state index is 5.71. The van der Waals surface area contributed by atoms with Crippen LogP contribution in [0, 0.1) is 0 Å². The number of nitrogens with one attached hydrogen (secondary N) is 2. The van der Waals surface area contributed by atoms with Gasteiger partial charge in [-0.1, -0.05) is 13.8 Å². The van der Waals surface area contributed by atoms with E-state index in [1.807, 2.05) is 25.2 Å². The monoisotopic (exact) mass is 443 g/mol. The van der Waals surface area contributed by atoms with Crippen LogP contribution in [0.1, 0.15) is 32.1 Å². The lowest BCUT2D eigenvalue weighted by atomic mass is 10.2. The summed E-state index contributed by atoms with van der Waals surface area (Å²) in [4.78, 5) is 9.18. The van der Waals surface area contributed by atoms with Gasteiger partial charge in [0.15, 0.2) is 5.96 Å². The molecule has 0 amide bonds. The zero-order valence-corrected chi connectivity index (χ0v) is 19.9. The molecule has 1 aromatic carbocycles. The fraction of sp³-hybridized carbons (Fsp3) is 0.542. The highest BCUT2D eigenvalue weighted by Crippen LogP contribution is 2.30. The number of aliphatic imine (C=N–C) groups is 1. The number of rotatable bonds is 10. The van der Waals surface area contributed by atoms with Crippen molar-refractivity contribution >= 4 is 11.6 Å². The molecule has 0 spiro atoms. The number of nitrogens with zero attached hydrogens (tertiary/aromatic N) is 3. The first kappa shape index (κ1) is 23.8. The van der Waals surface area contributed by atoms with E-state index in [1.54, 1.807) is 20.5 Å². The largest absolute Gasteiger partial charge is 0.497 e. The fourth-order valence-electron chi connectivity index (χ4n) is 4.22. The second-order valence-corrected chi connectivity index (χ2v) is 7.85. The van der Waals surface area contributed by atoms with Crippen LogP contribution in [0.3, 0.4) is 0 Å². The Labute approximate surface area is 191 Å². The van der Waals surface area contributed by atoms with Gasteiger partial charge in [0, 0.05) is 56.6 Å². The number of ether oxygens (including phenoxy) is 2. The van der Waals surface area contributed by atoms with Gasteiger partial charge in [0.2, 0.25) is 0 Å². The third-order valence-electron chi connectivity index (χ3n) is 6.04. The zero-order valence-electron chi connectivity index (χ0n) is 19.9. The third-order valence-corrected chi connectivity index (χ3v) is 6.04. The first-order chi connectivity index (χ1) is 15.6. The average Bonchev–Trinajstić information content (AvgIpc) is 3.53. The van der Waals surface area contributed by atoms with Crippen LogP contribution < -0.4 is 25.0 Å². The fourth-order valence-corrected chi connectivity index (χ4v) is 4.22. The first-order valence-corrected chi connectivity index (χ1v) is 11.3. The van der Waals surface area contributed by atoms with Crippen LogP contribution in [0.5, 0.6) is 11.5 Å². The standard InChI is InChI=1S/C24H37N5O3/c1-6-28(7-2)22(23-9-8-12-32-23)16-26-24(25-3)27-18-10-11-29(17-18)19-13-20(30-4)15-21(14-19)31-5/h8-9,12-15,18,22H,6-7,10-11,16-17H2,1-5H3,(H2,25,26,27). The SMILES string of the molecule is CCN(CC)C(CNC(=NC)NC1CCN(c2cc(OC)cc(OC)c2)C1)c1ccco1. The van der Waals surface area contributed by atoms with Gasteiger partial charge >= 0.3 is 0 Å². The summed E-state index contributed by atoms with van der Waals surface area (Å²) in [7, 11) is 5.17. The van der Waals surface area contributed by atoms with Gasteiger partial charge in [-0.3, -0.25) is 9.89 Å². The molecular weight excluding hydrogens is 406 g/mol. The molecule has 3 rings (SSSR count). The predicted octanol–water partition coefficient (Wildman–Crippen LogP) is 3.12. The lowest BCUT2D eigenvalue weighted by Crippen LogP contribution is -2.47. The molecule has 1 aromatic heterocycles. The van der Waals surface area contributed by atoms with Gasteiger partial charge in [-0.05, 0) is 31.6 Å². The van der Waals surface area contributed by atoms with Crippen LogP contribution in [0.2, 0.25) is 0 Å². The smallest absolute Gasteiger partial charge is 0.191 e. The number of guanidine groups is 1. The Morgan fingerprint density at radius 3 is 2.50 bits per heavy atom.